The Balaban J connectivity index is 1.55. The van der Waals surface area contributed by atoms with Crippen molar-refractivity contribution in [3.63, 3.8) is 0 Å². The minimum atomic E-state index is -5.08. The molecule has 222 valence electrons. The fourth-order valence-electron chi connectivity index (χ4n) is 5.02. The molecule has 1 aromatic heterocycles. The second-order valence-corrected chi connectivity index (χ2v) is 9.66. The number of carbonyl (C=O) groups is 2. The number of fused-ring (bicyclic) bond motifs is 1. The molecule has 1 N–H and O–H groups in total. The van der Waals surface area contributed by atoms with Gasteiger partial charge in [0.2, 0.25) is 0 Å². The second-order valence-electron chi connectivity index (χ2n) is 9.66. The number of amides is 2. The van der Waals surface area contributed by atoms with E-state index in [2.05, 4.69) is 4.74 Å². The lowest BCUT2D eigenvalue weighted by Crippen LogP contribution is -2.38. The molecular weight excluding hydrogens is 566 g/mol. The van der Waals surface area contributed by atoms with Crippen molar-refractivity contribution < 1.29 is 49.4 Å². The zero-order valence-electron chi connectivity index (χ0n) is 21.6. The molecule has 41 heavy (non-hydrogen) atoms. The van der Waals surface area contributed by atoms with Gasteiger partial charge in [-0.3, -0.25) is 9.59 Å². The molecule has 0 saturated carbocycles. The third-order valence-corrected chi connectivity index (χ3v) is 6.85. The Hall–Kier alpha value is -3.84. The van der Waals surface area contributed by atoms with Crippen LogP contribution in [-0.4, -0.2) is 46.9 Å². The van der Waals surface area contributed by atoms with E-state index in [0.29, 0.717) is 6.42 Å². The van der Waals surface area contributed by atoms with Crippen molar-refractivity contribution in [2.24, 2.45) is 0 Å². The number of nitrogens with zero attached hydrogens (tertiary/aromatic N) is 2. The molecule has 0 atom stereocenters. The predicted octanol–water partition coefficient (Wildman–Crippen LogP) is 6.43. The number of ether oxygens (including phenoxy) is 1. The van der Waals surface area contributed by atoms with Crippen LogP contribution in [0.4, 0.5) is 35.1 Å². The van der Waals surface area contributed by atoms with Crippen molar-refractivity contribution in [1.82, 2.24) is 14.8 Å². The summed E-state index contributed by atoms with van der Waals surface area (Å²) in [6.45, 7) is 1.72. The Labute approximate surface area is 228 Å². The molecule has 1 saturated heterocycles. The summed E-state index contributed by atoms with van der Waals surface area (Å²) < 4.78 is 112. The van der Waals surface area contributed by atoms with E-state index < -0.39 is 54.2 Å². The van der Waals surface area contributed by atoms with Crippen molar-refractivity contribution in [3.05, 3.63) is 64.9 Å². The van der Waals surface area contributed by atoms with Crippen molar-refractivity contribution >= 4 is 22.7 Å². The van der Waals surface area contributed by atoms with Crippen molar-refractivity contribution in [2.45, 2.75) is 57.7 Å². The highest BCUT2D eigenvalue weighted by Crippen LogP contribution is 2.38. The number of piperidine rings is 1. The molecule has 1 fully saturated rings. The SMILES string of the molecule is CCCn1cc(C(=O)N2CCC(c3cc(CNC(=O)C(F)(F)F)ccc3F)CC2)c2c(OC(F)(F)F)ccc(F)c21. The molecule has 0 unspecified atom stereocenters. The molecule has 2 amide bonds. The van der Waals surface area contributed by atoms with Gasteiger partial charge in [-0.05, 0) is 54.5 Å². The van der Waals surface area contributed by atoms with Gasteiger partial charge in [-0.15, -0.1) is 13.2 Å². The number of rotatable bonds is 7. The van der Waals surface area contributed by atoms with E-state index >= 15 is 0 Å². The molecule has 1 aliphatic heterocycles. The van der Waals surface area contributed by atoms with Crippen LogP contribution in [0.15, 0.2) is 36.5 Å². The summed E-state index contributed by atoms with van der Waals surface area (Å²) in [7, 11) is 0. The summed E-state index contributed by atoms with van der Waals surface area (Å²) >= 11 is 0. The average molecular weight is 591 g/mol. The predicted molar refractivity (Wildman–Crippen MR) is 131 cm³/mol. The number of nitrogens with one attached hydrogen (secondary N) is 1. The zero-order chi connectivity index (χ0) is 30.1. The molecule has 0 aliphatic carbocycles. The number of aryl methyl sites for hydroxylation is 1. The number of benzene rings is 2. The van der Waals surface area contributed by atoms with Gasteiger partial charge in [0.15, 0.2) is 0 Å². The summed E-state index contributed by atoms with van der Waals surface area (Å²) in [5, 5.41) is 1.42. The summed E-state index contributed by atoms with van der Waals surface area (Å²) in [6.07, 6.45) is -7.84. The number of hydrogen-bond acceptors (Lipinski definition) is 3. The summed E-state index contributed by atoms with van der Waals surface area (Å²) in [5.74, 6) is -5.32. The monoisotopic (exact) mass is 591 g/mol. The first-order valence-electron chi connectivity index (χ1n) is 12.7. The number of alkyl halides is 6. The van der Waals surface area contributed by atoms with Crippen LogP contribution in [-0.2, 0) is 17.9 Å². The summed E-state index contributed by atoms with van der Waals surface area (Å²) in [6, 6.07) is 5.35. The molecule has 4 rings (SSSR count). The number of halogens is 8. The van der Waals surface area contributed by atoms with Crippen LogP contribution >= 0.6 is 0 Å². The van der Waals surface area contributed by atoms with E-state index in [4.69, 9.17) is 0 Å². The third kappa shape index (κ3) is 6.73. The maximum absolute atomic E-state index is 14.8. The van der Waals surface area contributed by atoms with E-state index in [1.807, 2.05) is 0 Å². The van der Waals surface area contributed by atoms with Crippen LogP contribution in [0, 0.1) is 11.6 Å². The van der Waals surface area contributed by atoms with Gasteiger partial charge < -0.3 is 19.5 Å². The molecule has 6 nitrogen and oxygen atoms in total. The minimum Gasteiger partial charge on any atom is -0.405 e. The third-order valence-electron chi connectivity index (χ3n) is 6.85. The minimum absolute atomic E-state index is 0.0865. The molecule has 3 aromatic rings. The van der Waals surface area contributed by atoms with Gasteiger partial charge in [0, 0.05) is 32.4 Å². The van der Waals surface area contributed by atoms with Gasteiger partial charge in [-0.25, -0.2) is 8.78 Å². The largest absolute Gasteiger partial charge is 0.573 e. The maximum atomic E-state index is 14.8. The molecule has 1 aliphatic rings. The van der Waals surface area contributed by atoms with E-state index in [9.17, 15) is 44.7 Å². The standard InChI is InChI=1S/C27H25F8N3O3/c1-2-9-38-14-18(22-21(41-27(33,34)35)6-5-20(29)23(22)38)24(39)37-10-7-16(8-11-37)17-12-15(3-4-19(17)28)13-36-25(40)26(30,31)32/h3-6,12,14,16H,2,7-11,13H2,1H3,(H,36,40). The van der Waals surface area contributed by atoms with Crippen LogP contribution in [0.5, 0.6) is 5.75 Å². The Morgan fingerprint density at radius 1 is 1.00 bits per heavy atom. The summed E-state index contributed by atoms with van der Waals surface area (Å²) in [5.41, 5.74) is 0.0985. The van der Waals surface area contributed by atoms with E-state index in [1.165, 1.54) is 27.8 Å². The van der Waals surface area contributed by atoms with Crippen LogP contribution in [0.25, 0.3) is 10.9 Å². The average Bonchev–Trinajstić information content (AvgIpc) is 3.28. The molecule has 0 radical (unpaired) electrons. The van der Waals surface area contributed by atoms with Gasteiger partial charge in [-0.2, -0.15) is 13.2 Å². The van der Waals surface area contributed by atoms with Gasteiger partial charge >= 0.3 is 18.4 Å². The molecule has 2 heterocycles. The number of likely N-dealkylation sites (tertiary alicyclic amines) is 1. The lowest BCUT2D eigenvalue weighted by molar-refractivity contribution is -0.274. The number of aromatic nitrogens is 1. The quantitative estimate of drug-likeness (QED) is 0.323. The first-order chi connectivity index (χ1) is 19.2. The highest BCUT2D eigenvalue weighted by Gasteiger charge is 2.38. The molecule has 2 aromatic carbocycles. The molecular formula is C27H25F8N3O3. The van der Waals surface area contributed by atoms with Crippen molar-refractivity contribution in [1.29, 1.82) is 0 Å². The zero-order valence-corrected chi connectivity index (χ0v) is 21.6. The van der Waals surface area contributed by atoms with Crippen LogP contribution < -0.4 is 10.1 Å². The lowest BCUT2D eigenvalue weighted by atomic mass is 9.88. The Bertz CT molecular complexity index is 1440. The molecule has 14 heteroatoms. The van der Waals surface area contributed by atoms with Crippen molar-refractivity contribution in [2.75, 3.05) is 13.1 Å². The van der Waals surface area contributed by atoms with Gasteiger partial charge in [0.25, 0.3) is 5.91 Å². The van der Waals surface area contributed by atoms with Gasteiger partial charge in [-0.1, -0.05) is 19.1 Å². The number of carbonyl (C=O) groups excluding carboxylic acids is 2. The van der Waals surface area contributed by atoms with Crippen LogP contribution in [0.3, 0.4) is 0 Å². The Morgan fingerprint density at radius 2 is 1.66 bits per heavy atom. The summed E-state index contributed by atoms with van der Waals surface area (Å²) in [4.78, 5) is 26.0. The highest BCUT2D eigenvalue weighted by atomic mass is 19.4. The topological polar surface area (TPSA) is 63.6 Å². The van der Waals surface area contributed by atoms with Crippen molar-refractivity contribution in [3.8, 4) is 5.75 Å². The normalized spacial score (nSPS) is 14.9. The van der Waals surface area contributed by atoms with E-state index in [-0.39, 0.29) is 60.1 Å². The van der Waals surface area contributed by atoms with E-state index in [1.54, 1.807) is 12.2 Å². The smallest absolute Gasteiger partial charge is 0.405 e. The Morgan fingerprint density at radius 3 is 2.27 bits per heavy atom. The highest BCUT2D eigenvalue weighted by molar-refractivity contribution is 6.09. The van der Waals surface area contributed by atoms with Gasteiger partial charge in [0.1, 0.15) is 17.4 Å². The number of hydrogen-bond donors (Lipinski definition) is 1. The van der Waals surface area contributed by atoms with Crippen LogP contribution in [0.2, 0.25) is 0 Å². The first kappa shape index (κ1) is 30.1. The maximum Gasteiger partial charge on any atom is 0.573 e. The Kier molecular flexibility index (Phi) is 8.50. The van der Waals surface area contributed by atoms with Gasteiger partial charge in [0.05, 0.1) is 16.5 Å². The fraction of sp³-hybridized carbons (Fsp3) is 0.407. The second kappa shape index (κ2) is 11.6. The first-order valence-corrected chi connectivity index (χ1v) is 12.7. The fourth-order valence-corrected chi connectivity index (χ4v) is 5.02. The lowest BCUT2D eigenvalue weighted by Gasteiger charge is -2.32. The van der Waals surface area contributed by atoms with Crippen LogP contribution in [0.1, 0.15) is 53.6 Å². The van der Waals surface area contributed by atoms with E-state index in [0.717, 1.165) is 18.2 Å². The molecule has 0 spiro atoms. The molecule has 0 bridgehead atoms.